The van der Waals surface area contributed by atoms with Gasteiger partial charge in [-0.2, -0.15) is 0 Å². The lowest BCUT2D eigenvalue weighted by atomic mass is 9.90. The van der Waals surface area contributed by atoms with Gasteiger partial charge in [0.25, 0.3) is 5.95 Å². The highest BCUT2D eigenvalue weighted by Crippen LogP contribution is 2.55. The van der Waals surface area contributed by atoms with Gasteiger partial charge in [0.1, 0.15) is 5.69 Å². The van der Waals surface area contributed by atoms with Gasteiger partial charge in [-0.15, -0.1) is 16.4 Å². The number of hydrogen-bond donors (Lipinski definition) is 0. The second-order valence-electron chi connectivity index (χ2n) is 11.4. The molecule has 5 heteroatoms. The van der Waals surface area contributed by atoms with E-state index in [0.717, 1.165) is 55.5 Å². The zero-order valence-electron chi connectivity index (χ0n) is 23.9. The number of nitrogens with zero attached hydrogens (tertiary/aromatic N) is 3. The number of benzene rings is 7. The van der Waals surface area contributed by atoms with Gasteiger partial charge in [-0.05, 0) is 40.4 Å². The summed E-state index contributed by atoms with van der Waals surface area (Å²) in [6, 6.07) is 48.8. The van der Waals surface area contributed by atoms with E-state index in [4.69, 9.17) is 14.8 Å². The molecule has 0 aliphatic carbocycles. The van der Waals surface area contributed by atoms with Crippen LogP contribution in [0.15, 0.2) is 140 Å². The molecule has 0 saturated carbocycles. The lowest BCUT2D eigenvalue weighted by Gasteiger charge is -2.32. The highest BCUT2D eigenvalue weighted by atomic mass is 32.1. The predicted octanol–water partition coefficient (Wildman–Crippen LogP) is 11.1. The molecule has 210 valence electrons. The van der Waals surface area contributed by atoms with Gasteiger partial charge in [-0.25, -0.2) is 9.97 Å². The molecule has 0 spiro atoms. The maximum absolute atomic E-state index is 6.98. The summed E-state index contributed by atoms with van der Waals surface area (Å²) in [4.78, 5) is 17.4. The van der Waals surface area contributed by atoms with Gasteiger partial charge in [0.05, 0.1) is 11.2 Å². The van der Waals surface area contributed by atoms with Gasteiger partial charge < -0.3 is 4.84 Å². The van der Waals surface area contributed by atoms with Crippen LogP contribution in [0.25, 0.3) is 75.0 Å². The molecule has 0 amide bonds. The Kier molecular flexibility index (Phi) is 5.12. The molecule has 0 atom stereocenters. The van der Waals surface area contributed by atoms with Crippen LogP contribution in [0.5, 0.6) is 5.75 Å². The van der Waals surface area contributed by atoms with Gasteiger partial charge >= 0.3 is 0 Å². The van der Waals surface area contributed by atoms with Gasteiger partial charge in [0.2, 0.25) is 0 Å². The van der Waals surface area contributed by atoms with E-state index in [9.17, 15) is 0 Å². The largest absolute Gasteiger partial charge is 0.371 e. The summed E-state index contributed by atoms with van der Waals surface area (Å²) in [5, 5.41) is 9.95. The molecule has 0 N–H and O–H groups in total. The number of hydrogen-bond acceptors (Lipinski definition) is 5. The van der Waals surface area contributed by atoms with Crippen LogP contribution in [0, 0.1) is 0 Å². The second kappa shape index (κ2) is 9.36. The van der Waals surface area contributed by atoms with Gasteiger partial charge in [0.15, 0.2) is 5.75 Å². The molecule has 1 aliphatic heterocycles. The highest BCUT2D eigenvalue weighted by Gasteiger charge is 2.33. The van der Waals surface area contributed by atoms with E-state index in [-0.39, 0.29) is 0 Å². The third-order valence-corrected chi connectivity index (χ3v) is 10.0. The minimum absolute atomic E-state index is 0.500. The SMILES string of the molecule is c1ccc(-c2nc(N3Oc4cc5ccccc5cc4-c4c3c3c5ccccc5sc3c3ccccc43)nc3ccccc23)cc1. The van der Waals surface area contributed by atoms with Crippen LogP contribution in [0.3, 0.4) is 0 Å². The van der Waals surface area contributed by atoms with Crippen molar-refractivity contribution in [3.8, 4) is 28.1 Å². The molecule has 1 aliphatic rings. The normalized spacial score (nSPS) is 12.6. The molecule has 0 fully saturated rings. The number of thiophene rings is 1. The molecule has 45 heavy (non-hydrogen) atoms. The summed E-state index contributed by atoms with van der Waals surface area (Å²) in [5.74, 6) is 1.28. The number of rotatable bonds is 2. The average molecular weight is 594 g/mol. The van der Waals surface area contributed by atoms with Crippen molar-refractivity contribution in [1.29, 1.82) is 0 Å². The Labute approximate surface area is 262 Å². The van der Waals surface area contributed by atoms with Gasteiger partial charge in [-0.1, -0.05) is 115 Å². The van der Waals surface area contributed by atoms with E-state index in [1.807, 2.05) is 46.7 Å². The summed E-state index contributed by atoms with van der Waals surface area (Å²) in [6.45, 7) is 0. The Morgan fingerprint density at radius 2 is 1.24 bits per heavy atom. The van der Waals surface area contributed by atoms with Gasteiger partial charge in [0, 0.05) is 47.6 Å². The summed E-state index contributed by atoms with van der Waals surface area (Å²) in [6.07, 6.45) is 0. The molecular weight excluding hydrogens is 571 g/mol. The van der Waals surface area contributed by atoms with E-state index in [2.05, 4.69) is 109 Å². The molecule has 0 saturated heterocycles. The Balaban J connectivity index is 1.38. The Bertz CT molecular complexity index is 2640. The van der Waals surface area contributed by atoms with Crippen LogP contribution < -0.4 is 9.90 Å². The Morgan fingerprint density at radius 3 is 2.09 bits per heavy atom. The fourth-order valence-corrected chi connectivity index (χ4v) is 8.09. The van der Waals surface area contributed by atoms with Crippen molar-refractivity contribution in [3.63, 3.8) is 0 Å². The molecule has 0 bridgehead atoms. The topological polar surface area (TPSA) is 38.2 Å². The zero-order valence-corrected chi connectivity index (χ0v) is 24.8. The van der Waals surface area contributed by atoms with Crippen LogP contribution in [-0.4, -0.2) is 9.97 Å². The molecule has 4 nitrogen and oxygen atoms in total. The smallest absolute Gasteiger partial charge is 0.265 e. The first-order chi connectivity index (χ1) is 22.3. The Hall–Kier alpha value is -5.78. The number of anilines is 2. The monoisotopic (exact) mass is 593 g/mol. The van der Waals surface area contributed by atoms with Crippen LogP contribution in [-0.2, 0) is 0 Å². The van der Waals surface area contributed by atoms with Crippen LogP contribution in [0.1, 0.15) is 0 Å². The first-order valence-electron chi connectivity index (χ1n) is 15.0. The van der Waals surface area contributed by atoms with Crippen LogP contribution in [0.4, 0.5) is 11.6 Å². The van der Waals surface area contributed by atoms with Crippen LogP contribution >= 0.6 is 11.3 Å². The third-order valence-electron chi connectivity index (χ3n) is 8.84. The summed E-state index contributed by atoms with van der Waals surface area (Å²) >= 11 is 1.82. The van der Waals surface area contributed by atoms with E-state index in [1.54, 1.807) is 0 Å². The van der Waals surface area contributed by atoms with Crippen molar-refractivity contribution in [2.24, 2.45) is 0 Å². The van der Waals surface area contributed by atoms with E-state index in [1.165, 1.54) is 30.9 Å². The molecule has 9 aromatic rings. The number of para-hydroxylation sites is 1. The lowest BCUT2D eigenvalue weighted by Crippen LogP contribution is -2.28. The first kappa shape index (κ1) is 24.6. The minimum atomic E-state index is 0.500. The fraction of sp³-hybridized carbons (Fsp3) is 0. The predicted molar refractivity (Wildman–Crippen MR) is 188 cm³/mol. The quantitative estimate of drug-likeness (QED) is 0.200. The van der Waals surface area contributed by atoms with Crippen molar-refractivity contribution >= 4 is 75.6 Å². The zero-order chi connectivity index (χ0) is 29.5. The molecule has 0 radical (unpaired) electrons. The number of aromatic nitrogens is 2. The summed E-state index contributed by atoms with van der Waals surface area (Å²) in [7, 11) is 0. The summed E-state index contributed by atoms with van der Waals surface area (Å²) in [5.41, 5.74) is 5.94. The lowest BCUT2D eigenvalue weighted by molar-refractivity contribution is 0.316. The number of fused-ring (bicyclic) bond motifs is 12. The van der Waals surface area contributed by atoms with Crippen molar-refractivity contribution in [1.82, 2.24) is 9.97 Å². The van der Waals surface area contributed by atoms with E-state index >= 15 is 0 Å². The average Bonchev–Trinajstić information content (AvgIpc) is 3.50. The first-order valence-corrected chi connectivity index (χ1v) is 15.8. The van der Waals surface area contributed by atoms with Crippen molar-refractivity contribution < 1.29 is 4.84 Å². The minimum Gasteiger partial charge on any atom is -0.371 e. The summed E-state index contributed by atoms with van der Waals surface area (Å²) < 4.78 is 2.46. The molecule has 10 rings (SSSR count). The standard InChI is InChI=1S/C40H23N3OS/c1-2-12-24(13-3-1)37-29-18-8-10-20-32(29)41-40(42-37)43-38-35(31-22-25-14-4-5-15-26(25)23-33(31)44-43)27-16-6-7-17-28(27)39-36(38)30-19-9-11-21-34(30)45-39/h1-23H. The molecule has 3 heterocycles. The van der Waals surface area contributed by atoms with E-state index < -0.39 is 0 Å². The molecule has 7 aromatic carbocycles. The molecular formula is C40H23N3OS. The third kappa shape index (κ3) is 3.59. The van der Waals surface area contributed by atoms with Crippen molar-refractivity contribution in [2.75, 3.05) is 5.06 Å². The van der Waals surface area contributed by atoms with Crippen molar-refractivity contribution in [2.45, 2.75) is 0 Å². The maximum Gasteiger partial charge on any atom is 0.265 e. The van der Waals surface area contributed by atoms with E-state index in [0.29, 0.717) is 5.95 Å². The van der Waals surface area contributed by atoms with Gasteiger partial charge in [-0.3, -0.25) is 0 Å². The highest BCUT2D eigenvalue weighted by molar-refractivity contribution is 7.26. The maximum atomic E-state index is 6.98. The second-order valence-corrected chi connectivity index (χ2v) is 12.5. The fourth-order valence-electron chi connectivity index (χ4n) is 6.84. The van der Waals surface area contributed by atoms with Crippen molar-refractivity contribution in [3.05, 3.63) is 140 Å². The molecule has 2 aromatic heterocycles. The Morgan fingerprint density at radius 1 is 0.578 bits per heavy atom. The van der Waals surface area contributed by atoms with Crippen LogP contribution in [0.2, 0.25) is 0 Å². The molecule has 0 unspecified atom stereocenters.